The van der Waals surface area contributed by atoms with Gasteiger partial charge in [-0.05, 0) is 30.7 Å². The van der Waals surface area contributed by atoms with Crippen LogP contribution in [0, 0.1) is 0 Å². The van der Waals surface area contributed by atoms with Crippen LogP contribution in [0.3, 0.4) is 0 Å². The number of hydrazone groups is 1. The lowest BCUT2D eigenvalue weighted by Crippen LogP contribution is -2.07. The summed E-state index contributed by atoms with van der Waals surface area (Å²) in [6.07, 6.45) is 1.81. The van der Waals surface area contributed by atoms with Crippen LogP contribution in [0.1, 0.15) is 18.2 Å². The third-order valence-corrected chi connectivity index (χ3v) is 3.76. The monoisotopic (exact) mass is 349 g/mol. The fraction of sp³-hybridized carbons (Fsp3) is 0.312. The van der Waals surface area contributed by atoms with Gasteiger partial charge in [0, 0.05) is 5.38 Å². The Balaban J connectivity index is 1.94. The van der Waals surface area contributed by atoms with E-state index in [1.807, 2.05) is 12.1 Å². The number of thiazole rings is 1. The zero-order valence-electron chi connectivity index (χ0n) is 13.7. The van der Waals surface area contributed by atoms with E-state index in [1.165, 1.54) is 11.3 Å². The van der Waals surface area contributed by atoms with Gasteiger partial charge in [0.05, 0.1) is 39.2 Å². The fourth-order valence-electron chi connectivity index (χ4n) is 1.89. The highest BCUT2D eigenvalue weighted by Crippen LogP contribution is 2.26. The number of nitrogens with zero attached hydrogens (tertiary/aromatic N) is 2. The number of methoxy groups -OCH3 is 2. The second kappa shape index (κ2) is 8.88. The summed E-state index contributed by atoms with van der Waals surface area (Å²) in [5.41, 5.74) is 4.34. The minimum Gasteiger partial charge on any atom is -0.493 e. The van der Waals surface area contributed by atoms with Crippen LogP contribution >= 0.6 is 11.3 Å². The Labute approximate surface area is 144 Å². The van der Waals surface area contributed by atoms with Crippen molar-refractivity contribution in [2.24, 2.45) is 5.10 Å². The topological polar surface area (TPSA) is 82.0 Å². The zero-order chi connectivity index (χ0) is 17.4. The molecule has 1 heterocycles. The Morgan fingerprint density at radius 2 is 2.12 bits per heavy atom. The highest BCUT2D eigenvalue weighted by atomic mass is 32.1. The molecular formula is C16H19N3O4S. The molecule has 0 radical (unpaired) electrons. The molecule has 0 aliphatic carbocycles. The molecule has 2 rings (SSSR count). The number of benzene rings is 1. The Kier molecular flexibility index (Phi) is 6.56. The average Bonchev–Trinajstić information content (AvgIpc) is 3.02. The molecular weight excluding hydrogens is 330 g/mol. The molecule has 128 valence electrons. The second-order valence-corrected chi connectivity index (χ2v) is 5.47. The first kappa shape index (κ1) is 17.7. The van der Waals surface area contributed by atoms with Crippen LogP contribution in [-0.2, 0) is 16.0 Å². The number of esters is 1. The third-order valence-electron chi connectivity index (χ3n) is 2.96. The van der Waals surface area contributed by atoms with E-state index in [9.17, 15) is 4.79 Å². The maximum atomic E-state index is 11.4. The van der Waals surface area contributed by atoms with Gasteiger partial charge in [-0.1, -0.05) is 0 Å². The van der Waals surface area contributed by atoms with Gasteiger partial charge in [0.1, 0.15) is 0 Å². The molecule has 0 aliphatic heterocycles. The quantitative estimate of drug-likeness (QED) is 0.448. The standard InChI is InChI=1S/C16H19N3O4S/c1-4-23-15(20)8-12-10-24-16(18-12)19-17-9-11-5-6-13(21-2)14(7-11)22-3/h5-7,9-10H,4,8H2,1-3H3,(H,18,19). The van der Waals surface area contributed by atoms with E-state index in [-0.39, 0.29) is 12.4 Å². The Morgan fingerprint density at radius 1 is 1.33 bits per heavy atom. The van der Waals surface area contributed by atoms with Crippen LogP contribution in [0.2, 0.25) is 0 Å². The lowest BCUT2D eigenvalue weighted by molar-refractivity contribution is -0.142. The van der Waals surface area contributed by atoms with Gasteiger partial charge in [-0.25, -0.2) is 4.98 Å². The second-order valence-electron chi connectivity index (χ2n) is 4.61. The molecule has 0 unspecified atom stereocenters. The Hall–Kier alpha value is -2.61. The van der Waals surface area contributed by atoms with E-state index >= 15 is 0 Å². The van der Waals surface area contributed by atoms with Gasteiger partial charge in [0.15, 0.2) is 11.5 Å². The number of anilines is 1. The van der Waals surface area contributed by atoms with Crippen LogP contribution in [-0.4, -0.2) is 38.0 Å². The first-order valence-corrected chi connectivity index (χ1v) is 8.15. The molecule has 8 heteroatoms. The first-order valence-electron chi connectivity index (χ1n) is 7.27. The van der Waals surface area contributed by atoms with Crippen molar-refractivity contribution >= 4 is 28.7 Å². The minimum atomic E-state index is -0.289. The van der Waals surface area contributed by atoms with Gasteiger partial charge in [-0.3, -0.25) is 10.2 Å². The minimum absolute atomic E-state index is 0.158. The number of carbonyl (C=O) groups excluding carboxylic acids is 1. The van der Waals surface area contributed by atoms with Crippen LogP contribution in [0.5, 0.6) is 11.5 Å². The molecule has 0 aliphatic rings. The molecule has 0 saturated carbocycles. The van der Waals surface area contributed by atoms with Crippen molar-refractivity contribution in [3.05, 3.63) is 34.8 Å². The average molecular weight is 349 g/mol. The lowest BCUT2D eigenvalue weighted by atomic mass is 10.2. The number of hydrogen-bond donors (Lipinski definition) is 1. The Bertz CT molecular complexity index is 715. The summed E-state index contributed by atoms with van der Waals surface area (Å²) in [6.45, 7) is 2.14. The molecule has 1 aromatic heterocycles. The summed E-state index contributed by atoms with van der Waals surface area (Å²) < 4.78 is 15.3. The van der Waals surface area contributed by atoms with Gasteiger partial charge >= 0.3 is 5.97 Å². The number of nitrogens with one attached hydrogen (secondary N) is 1. The number of aromatic nitrogens is 1. The van der Waals surface area contributed by atoms with Gasteiger partial charge in [-0.15, -0.1) is 11.3 Å². The van der Waals surface area contributed by atoms with Gasteiger partial charge in [0.2, 0.25) is 5.13 Å². The summed E-state index contributed by atoms with van der Waals surface area (Å²) in [5.74, 6) is 1.00. The van der Waals surface area contributed by atoms with Crippen LogP contribution in [0.15, 0.2) is 28.7 Å². The molecule has 24 heavy (non-hydrogen) atoms. The molecule has 7 nitrogen and oxygen atoms in total. The van der Waals surface area contributed by atoms with Crippen molar-refractivity contribution in [2.45, 2.75) is 13.3 Å². The summed E-state index contributed by atoms with van der Waals surface area (Å²) in [4.78, 5) is 15.7. The van der Waals surface area contributed by atoms with Crippen LogP contribution < -0.4 is 14.9 Å². The van der Waals surface area contributed by atoms with Crippen molar-refractivity contribution in [3.63, 3.8) is 0 Å². The van der Waals surface area contributed by atoms with Crippen molar-refractivity contribution in [2.75, 3.05) is 26.3 Å². The van der Waals surface area contributed by atoms with Gasteiger partial charge < -0.3 is 14.2 Å². The molecule has 0 saturated heterocycles. The normalized spacial score (nSPS) is 10.6. The zero-order valence-corrected chi connectivity index (χ0v) is 14.6. The number of ether oxygens (including phenoxy) is 3. The molecule has 0 amide bonds. The van der Waals surface area contributed by atoms with Crippen molar-refractivity contribution in [1.82, 2.24) is 4.98 Å². The van der Waals surface area contributed by atoms with Crippen molar-refractivity contribution in [3.8, 4) is 11.5 Å². The number of hydrogen-bond acceptors (Lipinski definition) is 8. The smallest absolute Gasteiger partial charge is 0.311 e. The summed E-state index contributed by atoms with van der Waals surface area (Å²) >= 11 is 1.37. The maximum absolute atomic E-state index is 11.4. The largest absolute Gasteiger partial charge is 0.493 e. The maximum Gasteiger partial charge on any atom is 0.311 e. The molecule has 0 fully saturated rings. The lowest BCUT2D eigenvalue weighted by Gasteiger charge is -2.07. The summed E-state index contributed by atoms with van der Waals surface area (Å²) in [6, 6.07) is 5.49. The van der Waals surface area contributed by atoms with E-state index in [0.29, 0.717) is 28.9 Å². The molecule has 0 bridgehead atoms. The molecule has 0 spiro atoms. The number of carbonyl (C=O) groups is 1. The van der Waals surface area contributed by atoms with E-state index in [1.54, 1.807) is 38.8 Å². The van der Waals surface area contributed by atoms with Crippen LogP contribution in [0.4, 0.5) is 5.13 Å². The van der Waals surface area contributed by atoms with Gasteiger partial charge in [-0.2, -0.15) is 5.10 Å². The van der Waals surface area contributed by atoms with E-state index in [0.717, 1.165) is 5.56 Å². The third kappa shape index (κ3) is 4.95. The van der Waals surface area contributed by atoms with Crippen molar-refractivity contribution in [1.29, 1.82) is 0 Å². The van der Waals surface area contributed by atoms with E-state index in [4.69, 9.17) is 14.2 Å². The van der Waals surface area contributed by atoms with Gasteiger partial charge in [0.25, 0.3) is 0 Å². The van der Waals surface area contributed by atoms with E-state index < -0.39 is 0 Å². The molecule has 2 aromatic rings. The van der Waals surface area contributed by atoms with E-state index in [2.05, 4.69) is 15.5 Å². The summed E-state index contributed by atoms with van der Waals surface area (Å²) in [7, 11) is 3.17. The SMILES string of the molecule is CCOC(=O)Cc1csc(NN=Cc2ccc(OC)c(OC)c2)n1. The molecule has 0 atom stereocenters. The summed E-state index contributed by atoms with van der Waals surface area (Å²) in [5, 5.41) is 6.53. The highest BCUT2D eigenvalue weighted by molar-refractivity contribution is 7.13. The fourth-order valence-corrected chi connectivity index (χ4v) is 2.55. The predicted octanol–water partition coefficient (Wildman–Crippen LogP) is 2.71. The number of rotatable bonds is 8. The Morgan fingerprint density at radius 3 is 2.83 bits per heavy atom. The van der Waals surface area contributed by atoms with Crippen LogP contribution in [0.25, 0.3) is 0 Å². The van der Waals surface area contributed by atoms with Crippen molar-refractivity contribution < 1.29 is 19.0 Å². The highest BCUT2D eigenvalue weighted by Gasteiger charge is 2.08. The predicted molar refractivity (Wildman–Crippen MR) is 93.2 cm³/mol. The molecule has 1 N–H and O–H groups in total. The molecule has 1 aromatic carbocycles. The first-order chi connectivity index (χ1) is 11.7.